The molecule has 0 unspecified atom stereocenters. The van der Waals surface area contributed by atoms with Crippen LogP contribution in [0.1, 0.15) is 17.0 Å². The number of aromatic nitrogens is 2. The topological polar surface area (TPSA) is 29.3 Å². The van der Waals surface area contributed by atoms with Gasteiger partial charge in [-0.05, 0) is 47.5 Å². The van der Waals surface area contributed by atoms with Crippen molar-refractivity contribution in [2.75, 3.05) is 5.32 Å². The second kappa shape index (κ2) is 4.98. The van der Waals surface area contributed by atoms with Crippen molar-refractivity contribution in [2.24, 2.45) is 0 Å². The summed E-state index contributed by atoms with van der Waals surface area (Å²) < 4.78 is 3.24. The van der Waals surface area contributed by atoms with Crippen LogP contribution in [0.25, 0.3) is 4.96 Å². The quantitative estimate of drug-likeness (QED) is 0.769. The number of benzene rings is 1. The maximum absolute atomic E-state index is 4.55. The highest BCUT2D eigenvalue weighted by atomic mass is 79.9. The van der Waals surface area contributed by atoms with Crippen LogP contribution >= 0.6 is 27.3 Å². The summed E-state index contributed by atoms with van der Waals surface area (Å²) in [7, 11) is 0. The largest absolute Gasteiger partial charge is 0.378 e. The van der Waals surface area contributed by atoms with Crippen molar-refractivity contribution in [1.29, 1.82) is 0 Å². The summed E-state index contributed by atoms with van der Waals surface area (Å²) in [6.45, 7) is 4.91. The van der Waals surface area contributed by atoms with E-state index >= 15 is 0 Å². The molecule has 3 rings (SSSR count). The Morgan fingerprint density at radius 3 is 3.00 bits per heavy atom. The zero-order chi connectivity index (χ0) is 13.4. The van der Waals surface area contributed by atoms with Gasteiger partial charge < -0.3 is 5.32 Å². The van der Waals surface area contributed by atoms with Gasteiger partial charge in [0, 0.05) is 21.7 Å². The van der Waals surface area contributed by atoms with Gasteiger partial charge in [0.05, 0.1) is 17.9 Å². The number of hydrogen-bond donors (Lipinski definition) is 1. The van der Waals surface area contributed by atoms with Crippen LogP contribution in [0.15, 0.2) is 34.2 Å². The van der Waals surface area contributed by atoms with E-state index < -0.39 is 0 Å². The standard InChI is InChI=1S/C14H14BrN3S/c1-9-3-4-12(11(15)7-9)16-8-13-10(2)17-14-18(13)5-6-19-14/h3-7,16H,8H2,1-2H3. The minimum atomic E-state index is 0.769. The van der Waals surface area contributed by atoms with Gasteiger partial charge in [-0.3, -0.25) is 4.40 Å². The van der Waals surface area contributed by atoms with Crippen LogP contribution in [0.4, 0.5) is 5.69 Å². The number of thiazole rings is 1. The summed E-state index contributed by atoms with van der Waals surface area (Å²) >= 11 is 5.25. The van der Waals surface area contributed by atoms with E-state index in [4.69, 9.17) is 0 Å². The van der Waals surface area contributed by atoms with E-state index in [-0.39, 0.29) is 0 Å². The summed E-state index contributed by atoms with van der Waals surface area (Å²) in [5.74, 6) is 0. The monoisotopic (exact) mass is 335 g/mol. The summed E-state index contributed by atoms with van der Waals surface area (Å²) in [6, 6.07) is 6.32. The average molecular weight is 336 g/mol. The lowest BCUT2D eigenvalue weighted by Gasteiger charge is -2.09. The van der Waals surface area contributed by atoms with Crippen LogP contribution in [0.5, 0.6) is 0 Å². The molecule has 0 saturated carbocycles. The molecule has 2 heterocycles. The average Bonchev–Trinajstić information content (AvgIpc) is 2.90. The molecule has 0 aliphatic rings. The predicted molar refractivity (Wildman–Crippen MR) is 84.0 cm³/mol. The molecule has 0 saturated heterocycles. The highest BCUT2D eigenvalue weighted by molar-refractivity contribution is 9.10. The number of nitrogens with zero attached hydrogens (tertiary/aromatic N) is 2. The molecule has 0 bridgehead atoms. The van der Waals surface area contributed by atoms with Crippen molar-refractivity contribution in [3.05, 3.63) is 51.2 Å². The normalized spacial score (nSPS) is 11.1. The fraction of sp³-hybridized carbons (Fsp3) is 0.214. The first-order valence-electron chi connectivity index (χ1n) is 6.06. The van der Waals surface area contributed by atoms with Crippen LogP contribution in [-0.4, -0.2) is 9.38 Å². The van der Waals surface area contributed by atoms with Gasteiger partial charge in [0.1, 0.15) is 0 Å². The van der Waals surface area contributed by atoms with Crippen molar-refractivity contribution in [1.82, 2.24) is 9.38 Å². The highest BCUT2D eigenvalue weighted by Crippen LogP contribution is 2.25. The van der Waals surface area contributed by atoms with Crippen molar-refractivity contribution in [3.8, 4) is 0 Å². The maximum Gasteiger partial charge on any atom is 0.194 e. The van der Waals surface area contributed by atoms with E-state index in [9.17, 15) is 0 Å². The molecule has 3 nitrogen and oxygen atoms in total. The molecule has 2 aromatic heterocycles. The van der Waals surface area contributed by atoms with E-state index in [1.807, 2.05) is 0 Å². The predicted octanol–water partition coefficient (Wildman–Crippen LogP) is 4.39. The number of halogens is 1. The Morgan fingerprint density at radius 2 is 2.21 bits per heavy atom. The minimum absolute atomic E-state index is 0.769. The van der Waals surface area contributed by atoms with Gasteiger partial charge in [0.15, 0.2) is 4.96 Å². The minimum Gasteiger partial charge on any atom is -0.378 e. The third-order valence-electron chi connectivity index (χ3n) is 3.13. The summed E-state index contributed by atoms with van der Waals surface area (Å²) in [5.41, 5.74) is 4.65. The number of rotatable bonds is 3. The van der Waals surface area contributed by atoms with E-state index in [2.05, 4.69) is 74.3 Å². The molecular weight excluding hydrogens is 322 g/mol. The van der Waals surface area contributed by atoms with Crippen LogP contribution in [0.2, 0.25) is 0 Å². The van der Waals surface area contributed by atoms with Gasteiger partial charge in [-0.15, -0.1) is 11.3 Å². The number of imidazole rings is 1. The zero-order valence-electron chi connectivity index (χ0n) is 10.8. The van der Waals surface area contributed by atoms with E-state index in [0.29, 0.717) is 0 Å². The molecule has 5 heteroatoms. The molecule has 1 aromatic carbocycles. The first-order chi connectivity index (χ1) is 9.15. The fourth-order valence-electron chi connectivity index (χ4n) is 2.10. The third kappa shape index (κ3) is 2.40. The Balaban J connectivity index is 1.85. The molecule has 1 N–H and O–H groups in total. The number of aryl methyl sites for hydroxylation is 2. The van der Waals surface area contributed by atoms with E-state index in [1.165, 1.54) is 11.3 Å². The molecule has 3 aromatic rings. The summed E-state index contributed by atoms with van der Waals surface area (Å²) in [4.78, 5) is 5.60. The molecule has 0 spiro atoms. The second-order valence-electron chi connectivity index (χ2n) is 4.54. The van der Waals surface area contributed by atoms with Crippen LogP contribution < -0.4 is 5.32 Å². The SMILES string of the molecule is Cc1ccc(NCc2c(C)nc3sccn23)c(Br)c1. The zero-order valence-corrected chi connectivity index (χ0v) is 13.2. The molecule has 0 aliphatic heterocycles. The van der Waals surface area contributed by atoms with Crippen molar-refractivity contribution < 1.29 is 0 Å². The van der Waals surface area contributed by atoms with Crippen molar-refractivity contribution >= 4 is 37.9 Å². The van der Waals surface area contributed by atoms with Crippen molar-refractivity contribution in [2.45, 2.75) is 20.4 Å². The Hall–Kier alpha value is -1.33. The Morgan fingerprint density at radius 1 is 1.37 bits per heavy atom. The molecule has 0 atom stereocenters. The molecule has 0 radical (unpaired) electrons. The number of anilines is 1. The van der Waals surface area contributed by atoms with Gasteiger partial charge in [0.2, 0.25) is 0 Å². The molecule has 19 heavy (non-hydrogen) atoms. The van der Waals surface area contributed by atoms with Crippen LogP contribution in [0.3, 0.4) is 0 Å². The Kier molecular flexibility index (Phi) is 3.33. The van der Waals surface area contributed by atoms with Crippen molar-refractivity contribution in [3.63, 3.8) is 0 Å². The molecule has 0 fully saturated rings. The highest BCUT2D eigenvalue weighted by Gasteiger charge is 2.09. The summed E-state index contributed by atoms with van der Waals surface area (Å²) in [5, 5.41) is 5.52. The number of hydrogen-bond acceptors (Lipinski definition) is 3. The van der Waals surface area contributed by atoms with Gasteiger partial charge >= 0.3 is 0 Å². The first-order valence-corrected chi connectivity index (χ1v) is 7.73. The smallest absolute Gasteiger partial charge is 0.194 e. The first kappa shape index (κ1) is 12.7. The Bertz CT molecular complexity index is 729. The molecule has 0 amide bonds. The molecular formula is C14H14BrN3S. The molecule has 0 aliphatic carbocycles. The lowest BCUT2D eigenvalue weighted by atomic mass is 10.2. The van der Waals surface area contributed by atoms with E-state index in [1.54, 1.807) is 11.3 Å². The van der Waals surface area contributed by atoms with Crippen LogP contribution in [-0.2, 0) is 6.54 Å². The third-order valence-corrected chi connectivity index (χ3v) is 4.54. The van der Waals surface area contributed by atoms with E-state index in [0.717, 1.165) is 27.4 Å². The Labute approximate surface area is 124 Å². The van der Waals surface area contributed by atoms with Crippen LogP contribution in [0, 0.1) is 13.8 Å². The summed E-state index contributed by atoms with van der Waals surface area (Å²) in [6.07, 6.45) is 2.07. The fourth-order valence-corrected chi connectivity index (χ4v) is 3.51. The van der Waals surface area contributed by atoms with Gasteiger partial charge in [-0.25, -0.2) is 4.98 Å². The lowest BCUT2D eigenvalue weighted by Crippen LogP contribution is -2.04. The molecule has 98 valence electrons. The van der Waals surface area contributed by atoms with Gasteiger partial charge in [-0.2, -0.15) is 0 Å². The van der Waals surface area contributed by atoms with Gasteiger partial charge in [-0.1, -0.05) is 6.07 Å². The number of nitrogens with one attached hydrogen (secondary N) is 1. The lowest BCUT2D eigenvalue weighted by molar-refractivity contribution is 0.993. The second-order valence-corrected chi connectivity index (χ2v) is 6.26. The number of fused-ring (bicyclic) bond motifs is 1. The maximum atomic E-state index is 4.55. The van der Waals surface area contributed by atoms with Gasteiger partial charge in [0.25, 0.3) is 0 Å².